The predicted molar refractivity (Wildman–Crippen MR) is 64.4 cm³/mol. The van der Waals surface area contributed by atoms with Gasteiger partial charge in [-0.1, -0.05) is 12.1 Å². The quantitative estimate of drug-likeness (QED) is 0.755. The van der Waals surface area contributed by atoms with Crippen molar-refractivity contribution in [2.75, 3.05) is 0 Å². The van der Waals surface area contributed by atoms with Crippen molar-refractivity contribution in [2.24, 2.45) is 0 Å². The van der Waals surface area contributed by atoms with E-state index in [1.54, 1.807) is 18.2 Å². The third-order valence-electron chi connectivity index (χ3n) is 2.86. The minimum atomic E-state index is -0.288. The van der Waals surface area contributed by atoms with Crippen LogP contribution < -0.4 is 0 Å². The lowest BCUT2D eigenvalue weighted by Gasteiger charge is -2.05. The maximum Gasteiger partial charge on any atom is 0.223 e. The number of rotatable bonds is 2. The zero-order chi connectivity index (χ0) is 11.8. The van der Waals surface area contributed by atoms with Crippen LogP contribution in [0.4, 0.5) is 4.39 Å². The highest BCUT2D eigenvalue weighted by Gasteiger charge is 2.26. The van der Waals surface area contributed by atoms with Gasteiger partial charge in [-0.3, -0.25) is 0 Å². The first-order valence-corrected chi connectivity index (χ1v) is 5.91. The molecule has 3 rings (SSSR count). The molecule has 17 heavy (non-hydrogen) atoms. The van der Waals surface area contributed by atoms with Gasteiger partial charge in [0, 0.05) is 17.2 Å². The summed E-state index contributed by atoms with van der Waals surface area (Å²) in [6.45, 7) is 0. The van der Waals surface area contributed by atoms with Gasteiger partial charge in [-0.25, -0.2) is 14.4 Å². The van der Waals surface area contributed by atoms with Gasteiger partial charge in [0.25, 0.3) is 0 Å². The van der Waals surface area contributed by atoms with Crippen LogP contribution in [0.25, 0.3) is 11.3 Å². The number of hydrogen-bond acceptors (Lipinski definition) is 2. The summed E-state index contributed by atoms with van der Waals surface area (Å²) in [5.74, 6) is 0.185. The second-order valence-corrected chi connectivity index (χ2v) is 4.54. The Labute approximate surface area is 103 Å². The second kappa shape index (κ2) is 4.08. The minimum absolute atomic E-state index is 0.188. The highest BCUT2D eigenvalue weighted by atomic mass is 35.5. The van der Waals surface area contributed by atoms with Crippen molar-refractivity contribution < 1.29 is 4.39 Å². The van der Waals surface area contributed by atoms with Crippen LogP contribution in [0.3, 0.4) is 0 Å². The molecule has 1 aromatic heterocycles. The molecule has 0 saturated heterocycles. The average Bonchev–Trinajstić information content (AvgIpc) is 3.12. The fourth-order valence-corrected chi connectivity index (χ4v) is 2.02. The maximum absolute atomic E-state index is 13.7. The Hall–Kier alpha value is -1.48. The highest BCUT2D eigenvalue weighted by molar-refractivity contribution is 6.28. The van der Waals surface area contributed by atoms with Crippen LogP contribution in [0, 0.1) is 5.82 Å². The van der Waals surface area contributed by atoms with E-state index in [4.69, 9.17) is 11.6 Å². The summed E-state index contributed by atoms with van der Waals surface area (Å²) >= 11 is 5.88. The smallest absolute Gasteiger partial charge is 0.223 e. The van der Waals surface area contributed by atoms with Crippen molar-refractivity contribution in [2.45, 2.75) is 18.8 Å². The van der Waals surface area contributed by atoms with Crippen molar-refractivity contribution in [3.63, 3.8) is 0 Å². The third kappa shape index (κ3) is 2.15. The fourth-order valence-electron chi connectivity index (χ4n) is 1.83. The number of nitrogens with zero attached hydrogens (tertiary/aromatic N) is 2. The Morgan fingerprint density at radius 2 is 1.94 bits per heavy atom. The van der Waals surface area contributed by atoms with E-state index in [1.807, 2.05) is 6.07 Å². The zero-order valence-corrected chi connectivity index (χ0v) is 9.78. The Balaban J connectivity index is 2.11. The molecule has 1 saturated carbocycles. The first kappa shape index (κ1) is 10.7. The van der Waals surface area contributed by atoms with Crippen molar-refractivity contribution in [1.29, 1.82) is 0 Å². The Morgan fingerprint density at radius 1 is 1.18 bits per heavy atom. The van der Waals surface area contributed by atoms with E-state index in [-0.39, 0.29) is 11.1 Å². The molecule has 1 heterocycles. The van der Waals surface area contributed by atoms with Crippen molar-refractivity contribution in [1.82, 2.24) is 9.97 Å². The van der Waals surface area contributed by atoms with E-state index in [1.165, 1.54) is 6.07 Å². The van der Waals surface area contributed by atoms with Crippen LogP contribution in [-0.2, 0) is 0 Å². The lowest BCUT2D eigenvalue weighted by molar-refractivity contribution is 0.630. The number of aromatic nitrogens is 2. The van der Waals surface area contributed by atoms with E-state index < -0.39 is 0 Å². The van der Waals surface area contributed by atoms with Gasteiger partial charge in [0.1, 0.15) is 5.82 Å². The molecule has 0 amide bonds. The molecule has 1 fully saturated rings. The van der Waals surface area contributed by atoms with E-state index >= 15 is 0 Å². The molecule has 0 N–H and O–H groups in total. The van der Waals surface area contributed by atoms with E-state index in [2.05, 4.69) is 9.97 Å². The monoisotopic (exact) mass is 248 g/mol. The van der Waals surface area contributed by atoms with Crippen LogP contribution in [0.1, 0.15) is 24.5 Å². The summed E-state index contributed by atoms with van der Waals surface area (Å²) < 4.78 is 13.7. The lowest BCUT2D eigenvalue weighted by Crippen LogP contribution is -1.95. The summed E-state index contributed by atoms with van der Waals surface area (Å²) in [5.41, 5.74) is 1.95. The van der Waals surface area contributed by atoms with Gasteiger partial charge >= 0.3 is 0 Å². The summed E-state index contributed by atoms with van der Waals surface area (Å²) in [6.07, 6.45) is 2.26. The molecule has 0 radical (unpaired) electrons. The van der Waals surface area contributed by atoms with Crippen molar-refractivity contribution in [3.8, 4) is 11.3 Å². The number of halogens is 2. The van der Waals surface area contributed by atoms with E-state index in [9.17, 15) is 4.39 Å². The predicted octanol–water partition coefficient (Wildman–Crippen LogP) is 3.81. The lowest BCUT2D eigenvalue weighted by atomic mass is 10.1. The normalized spacial score (nSPS) is 14.9. The second-order valence-electron chi connectivity index (χ2n) is 4.20. The average molecular weight is 249 g/mol. The Bertz CT molecular complexity index is 567. The van der Waals surface area contributed by atoms with Gasteiger partial charge < -0.3 is 0 Å². The molecular weight excluding hydrogens is 239 g/mol. The molecule has 1 aliphatic rings. The van der Waals surface area contributed by atoms with E-state index in [0.717, 1.165) is 18.5 Å². The molecule has 2 aromatic rings. The van der Waals surface area contributed by atoms with Gasteiger partial charge in [-0.05, 0) is 42.6 Å². The van der Waals surface area contributed by atoms with Crippen LogP contribution in [0.5, 0.6) is 0 Å². The molecule has 4 heteroatoms. The summed E-state index contributed by atoms with van der Waals surface area (Å²) in [6, 6.07) is 8.39. The number of hydrogen-bond donors (Lipinski definition) is 0. The van der Waals surface area contributed by atoms with Gasteiger partial charge in [0.05, 0.1) is 5.69 Å². The number of benzene rings is 1. The highest BCUT2D eigenvalue weighted by Crippen LogP contribution is 2.40. The molecule has 1 aromatic carbocycles. The SMILES string of the molecule is Fc1ccccc1-c1cc(C2CC2)nc(Cl)n1. The van der Waals surface area contributed by atoms with Gasteiger partial charge in [0.2, 0.25) is 5.28 Å². The van der Waals surface area contributed by atoms with Crippen LogP contribution in [-0.4, -0.2) is 9.97 Å². The first-order chi connectivity index (χ1) is 8.24. The third-order valence-corrected chi connectivity index (χ3v) is 3.03. The zero-order valence-electron chi connectivity index (χ0n) is 9.03. The van der Waals surface area contributed by atoms with Crippen LogP contribution in [0.15, 0.2) is 30.3 Å². The molecule has 86 valence electrons. The standard InChI is InChI=1S/C13H10ClFN2/c14-13-16-11(8-5-6-8)7-12(17-13)9-3-1-2-4-10(9)15/h1-4,7-8H,5-6H2. The van der Waals surface area contributed by atoms with Crippen LogP contribution in [0.2, 0.25) is 5.28 Å². The summed E-state index contributed by atoms with van der Waals surface area (Å²) in [4.78, 5) is 8.27. The first-order valence-electron chi connectivity index (χ1n) is 5.53. The van der Waals surface area contributed by atoms with E-state index in [0.29, 0.717) is 17.2 Å². The van der Waals surface area contributed by atoms with Gasteiger partial charge in [0.15, 0.2) is 0 Å². The molecule has 1 aliphatic carbocycles. The Kier molecular flexibility index (Phi) is 2.56. The minimum Gasteiger partial charge on any atom is -0.223 e. The molecule has 0 atom stereocenters. The summed E-state index contributed by atoms with van der Waals surface area (Å²) in [7, 11) is 0. The Morgan fingerprint density at radius 3 is 2.65 bits per heavy atom. The molecule has 2 nitrogen and oxygen atoms in total. The molecule has 0 spiro atoms. The van der Waals surface area contributed by atoms with Gasteiger partial charge in [-0.2, -0.15) is 0 Å². The van der Waals surface area contributed by atoms with Gasteiger partial charge in [-0.15, -0.1) is 0 Å². The molecular formula is C13H10ClFN2. The van der Waals surface area contributed by atoms with Crippen molar-refractivity contribution in [3.05, 3.63) is 47.1 Å². The fraction of sp³-hybridized carbons (Fsp3) is 0.231. The van der Waals surface area contributed by atoms with Crippen molar-refractivity contribution >= 4 is 11.6 Å². The summed E-state index contributed by atoms with van der Waals surface area (Å²) in [5, 5.41) is 0.188. The molecule has 0 aliphatic heterocycles. The maximum atomic E-state index is 13.7. The van der Waals surface area contributed by atoms with Crippen LogP contribution >= 0.6 is 11.6 Å². The molecule has 0 unspecified atom stereocenters. The topological polar surface area (TPSA) is 25.8 Å². The molecule has 0 bridgehead atoms. The largest absolute Gasteiger partial charge is 0.223 e.